The number of fused-ring (bicyclic) bond motifs is 1. The molecule has 2 saturated heterocycles. The van der Waals surface area contributed by atoms with Crippen LogP contribution in [0.15, 0.2) is 30.3 Å². The molecule has 2 heterocycles. The van der Waals surface area contributed by atoms with Crippen LogP contribution < -0.4 is 4.90 Å². The molecule has 1 aromatic carbocycles. The molecule has 0 bridgehead atoms. The third kappa shape index (κ3) is 2.23. The highest BCUT2D eigenvalue weighted by atomic mass is 32.2. The summed E-state index contributed by atoms with van der Waals surface area (Å²) in [5.41, 5.74) is 0.863. The van der Waals surface area contributed by atoms with Crippen LogP contribution in [-0.2, 0) is 14.8 Å². The fourth-order valence-electron chi connectivity index (χ4n) is 3.36. The van der Waals surface area contributed by atoms with Crippen LogP contribution in [0, 0.1) is 0 Å². The molecule has 0 aromatic heterocycles. The molecule has 20 heavy (non-hydrogen) atoms. The molecule has 1 amide bonds. The predicted octanol–water partition coefficient (Wildman–Crippen LogP) is 1.22. The number of carbonyl (C=O) groups is 1. The van der Waals surface area contributed by atoms with E-state index in [1.54, 1.807) is 9.21 Å². The molecule has 2 aliphatic heterocycles. The highest BCUT2D eigenvalue weighted by Crippen LogP contribution is 2.35. The first-order valence-electron chi connectivity index (χ1n) is 6.82. The van der Waals surface area contributed by atoms with Crippen molar-refractivity contribution in [1.29, 1.82) is 0 Å². The quantitative estimate of drug-likeness (QED) is 0.824. The number of hydrogen-bond acceptors (Lipinski definition) is 3. The highest BCUT2D eigenvalue weighted by molar-refractivity contribution is 7.88. The fraction of sp³-hybridized carbons (Fsp3) is 0.500. The van der Waals surface area contributed by atoms with E-state index in [2.05, 4.69) is 0 Å². The van der Waals surface area contributed by atoms with Crippen LogP contribution in [0.2, 0.25) is 0 Å². The lowest BCUT2D eigenvalue weighted by Crippen LogP contribution is -2.53. The van der Waals surface area contributed by atoms with Gasteiger partial charge in [0.15, 0.2) is 0 Å². The van der Waals surface area contributed by atoms with Gasteiger partial charge in [-0.1, -0.05) is 18.2 Å². The summed E-state index contributed by atoms with van der Waals surface area (Å²) >= 11 is 0. The molecule has 6 heteroatoms. The molecule has 2 aliphatic rings. The van der Waals surface area contributed by atoms with Gasteiger partial charge in [0, 0.05) is 24.7 Å². The third-order valence-corrected chi connectivity index (χ3v) is 5.48. The van der Waals surface area contributed by atoms with Gasteiger partial charge in [0.25, 0.3) is 0 Å². The van der Waals surface area contributed by atoms with Gasteiger partial charge in [0.1, 0.15) is 0 Å². The van der Waals surface area contributed by atoms with Crippen LogP contribution in [0.5, 0.6) is 0 Å². The van der Waals surface area contributed by atoms with Gasteiger partial charge >= 0.3 is 0 Å². The lowest BCUT2D eigenvalue weighted by molar-refractivity contribution is -0.120. The molecule has 0 saturated carbocycles. The largest absolute Gasteiger partial charge is 0.308 e. The maximum absolute atomic E-state index is 12.3. The zero-order valence-corrected chi connectivity index (χ0v) is 12.2. The summed E-state index contributed by atoms with van der Waals surface area (Å²) in [4.78, 5) is 14.0. The summed E-state index contributed by atoms with van der Waals surface area (Å²) in [6, 6.07) is 9.40. The molecule has 0 spiro atoms. The fourth-order valence-corrected chi connectivity index (χ4v) is 4.53. The number of benzene rings is 1. The van der Waals surface area contributed by atoms with Crippen LogP contribution in [0.4, 0.5) is 5.69 Å². The second-order valence-corrected chi connectivity index (χ2v) is 7.37. The summed E-state index contributed by atoms with van der Waals surface area (Å²) in [6.07, 6.45) is 2.99. The van der Waals surface area contributed by atoms with E-state index in [-0.39, 0.29) is 18.0 Å². The minimum absolute atomic E-state index is 0.0339. The van der Waals surface area contributed by atoms with Gasteiger partial charge in [0.05, 0.1) is 12.3 Å². The van der Waals surface area contributed by atoms with E-state index < -0.39 is 10.0 Å². The molecular weight excluding hydrogens is 276 g/mol. The Morgan fingerprint density at radius 3 is 2.45 bits per heavy atom. The van der Waals surface area contributed by atoms with Crippen molar-refractivity contribution in [2.75, 3.05) is 17.7 Å². The Bertz CT molecular complexity index is 615. The second-order valence-electron chi connectivity index (χ2n) is 5.44. The van der Waals surface area contributed by atoms with E-state index in [1.165, 1.54) is 6.26 Å². The second kappa shape index (κ2) is 4.86. The van der Waals surface area contributed by atoms with E-state index in [4.69, 9.17) is 0 Å². The molecule has 5 nitrogen and oxygen atoms in total. The number of piperidine rings is 1. The van der Waals surface area contributed by atoms with E-state index >= 15 is 0 Å². The zero-order valence-electron chi connectivity index (χ0n) is 11.4. The third-order valence-electron chi connectivity index (χ3n) is 4.17. The summed E-state index contributed by atoms with van der Waals surface area (Å²) in [6.45, 7) is 0.505. The summed E-state index contributed by atoms with van der Waals surface area (Å²) in [7, 11) is -3.20. The Kier molecular flexibility index (Phi) is 3.30. The lowest BCUT2D eigenvalue weighted by Gasteiger charge is -2.39. The first-order valence-corrected chi connectivity index (χ1v) is 8.67. The standard InChI is InChI=1S/C14H18N2O3S/c1-20(18,19)15-10-9-13-12(15)7-8-14(17)16(13)11-5-3-2-4-6-11/h2-6,12-13H,7-10H2,1H3/t12-,13-/m0/s1. The molecule has 0 N–H and O–H groups in total. The summed E-state index contributed by atoms with van der Waals surface area (Å²) < 4.78 is 25.2. The van der Waals surface area contributed by atoms with E-state index in [1.807, 2.05) is 30.3 Å². The Morgan fingerprint density at radius 2 is 1.80 bits per heavy atom. The number of anilines is 1. The van der Waals surface area contributed by atoms with Crippen molar-refractivity contribution >= 4 is 21.6 Å². The summed E-state index contributed by atoms with van der Waals surface area (Å²) in [5, 5.41) is 0. The minimum atomic E-state index is -3.20. The molecular formula is C14H18N2O3S. The van der Waals surface area contributed by atoms with Crippen LogP contribution in [0.25, 0.3) is 0 Å². The SMILES string of the molecule is CS(=O)(=O)N1CC[C@H]2[C@@H]1CCC(=O)N2c1ccccc1. The van der Waals surface area contributed by atoms with Gasteiger partial charge in [-0.05, 0) is 25.0 Å². The number of sulfonamides is 1. The van der Waals surface area contributed by atoms with Gasteiger partial charge in [-0.3, -0.25) is 4.79 Å². The number of rotatable bonds is 2. The molecule has 2 atom stereocenters. The monoisotopic (exact) mass is 294 g/mol. The first-order chi connectivity index (χ1) is 9.48. The number of hydrogen-bond donors (Lipinski definition) is 0. The van der Waals surface area contributed by atoms with Gasteiger partial charge < -0.3 is 4.90 Å². The van der Waals surface area contributed by atoms with Gasteiger partial charge in [-0.2, -0.15) is 4.31 Å². The number of amides is 1. The van der Waals surface area contributed by atoms with Crippen molar-refractivity contribution < 1.29 is 13.2 Å². The number of carbonyl (C=O) groups excluding carboxylic acids is 1. The number of para-hydroxylation sites is 1. The maximum Gasteiger partial charge on any atom is 0.227 e. The van der Waals surface area contributed by atoms with Crippen molar-refractivity contribution in [3.63, 3.8) is 0 Å². The molecule has 108 valence electrons. The van der Waals surface area contributed by atoms with Crippen molar-refractivity contribution in [2.24, 2.45) is 0 Å². The van der Waals surface area contributed by atoms with E-state index in [9.17, 15) is 13.2 Å². The molecule has 0 radical (unpaired) electrons. The molecule has 3 rings (SSSR count). The highest BCUT2D eigenvalue weighted by Gasteiger charge is 2.46. The zero-order chi connectivity index (χ0) is 14.3. The number of nitrogens with zero attached hydrogens (tertiary/aromatic N) is 2. The average molecular weight is 294 g/mol. The van der Waals surface area contributed by atoms with Crippen LogP contribution in [0.3, 0.4) is 0 Å². The summed E-state index contributed by atoms with van der Waals surface area (Å²) in [5.74, 6) is 0.0906. The van der Waals surface area contributed by atoms with Crippen LogP contribution >= 0.6 is 0 Å². The van der Waals surface area contributed by atoms with Gasteiger partial charge in [-0.25, -0.2) is 8.42 Å². The average Bonchev–Trinajstić information content (AvgIpc) is 2.83. The van der Waals surface area contributed by atoms with Crippen molar-refractivity contribution in [2.45, 2.75) is 31.3 Å². The topological polar surface area (TPSA) is 57.7 Å². The van der Waals surface area contributed by atoms with Crippen LogP contribution in [0.1, 0.15) is 19.3 Å². The smallest absolute Gasteiger partial charge is 0.227 e. The van der Waals surface area contributed by atoms with E-state index in [0.717, 1.165) is 5.69 Å². The molecule has 1 aromatic rings. The van der Waals surface area contributed by atoms with Crippen LogP contribution in [-0.4, -0.2) is 43.5 Å². The Hall–Kier alpha value is -1.40. The van der Waals surface area contributed by atoms with Crippen molar-refractivity contribution in [3.05, 3.63) is 30.3 Å². The Balaban J connectivity index is 1.94. The van der Waals surface area contributed by atoms with E-state index in [0.29, 0.717) is 25.8 Å². The molecule has 0 aliphatic carbocycles. The molecule has 0 unspecified atom stereocenters. The normalized spacial score (nSPS) is 27.6. The van der Waals surface area contributed by atoms with Gasteiger partial charge in [-0.15, -0.1) is 0 Å². The first kappa shape index (κ1) is 13.6. The Morgan fingerprint density at radius 1 is 1.10 bits per heavy atom. The minimum Gasteiger partial charge on any atom is -0.308 e. The van der Waals surface area contributed by atoms with Crippen molar-refractivity contribution in [3.8, 4) is 0 Å². The van der Waals surface area contributed by atoms with Crippen molar-refractivity contribution in [1.82, 2.24) is 4.31 Å². The maximum atomic E-state index is 12.3. The molecule has 2 fully saturated rings. The predicted molar refractivity (Wildman–Crippen MR) is 76.9 cm³/mol. The van der Waals surface area contributed by atoms with Gasteiger partial charge in [0.2, 0.25) is 15.9 Å². The Labute approximate surface area is 119 Å². The lowest BCUT2D eigenvalue weighted by atomic mass is 9.96.